The van der Waals surface area contributed by atoms with Crippen LogP contribution in [0.2, 0.25) is 10.0 Å². The van der Waals surface area contributed by atoms with E-state index in [4.69, 9.17) is 28.9 Å². The molecule has 1 aromatic carbocycles. The molecule has 1 aliphatic rings. The van der Waals surface area contributed by atoms with Crippen LogP contribution in [0.25, 0.3) is 0 Å². The SMILES string of the molecule is NC(c1ccc(Cl)c(Cl)c1)C1CCCCCC1. The van der Waals surface area contributed by atoms with E-state index in [9.17, 15) is 0 Å². The molecule has 0 bridgehead atoms. The normalized spacial score (nSPS) is 19.9. The van der Waals surface area contributed by atoms with E-state index in [-0.39, 0.29) is 6.04 Å². The minimum atomic E-state index is 0.0999. The molecule has 0 heterocycles. The van der Waals surface area contributed by atoms with Gasteiger partial charge in [-0.2, -0.15) is 0 Å². The van der Waals surface area contributed by atoms with E-state index in [1.54, 1.807) is 0 Å². The van der Waals surface area contributed by atoms with E-state index in [2.05, 4.69) is 0 Å². The van der Waals surface area contributed by atoms with Gasteiger partial charge in [-0.15, -0.1) is 0 Å². The maximum absolute atomic E-state index is 6.36. The van der Waals surface area contributed by atoms with E-state index in [0.717, 1.165) is 5.56 Å². The average molecular weight is 272 g/mol. The van der Waals surface area contributed by atoms with E-state index in [1.165, 1.54) is 38.5 Å². The summed E-state index contributed by atoms with van der Waals surface area (Å²) in [6, 6.07) is 5.86. The highest BCUT2D eigenvalue weighted by atomic mass is 35.5. The maximum Gasteiger partial charge on any atom is 0.0595 e. The minimum absolute atomic E-state index is 0.0999. The van der Waals surface area contributed by atoms with Gasteiger partial charge in [0.1, 0.15) is 0 Å². The molecule has 1 fully saturated rings. The van der Waals surface area contributed by atoms with Gasteiger partial charge in [-0.1, -0.05) is 55.0 Å². The highest BCUT2D eigenvalue weighted by Crippen LogP contribution is 2.34. The molecule has 94 valence electrons. The number of hydrogen-bond acceptors (Lipinski definition) is 1. The Morgan fingerprint density at radius 1 is 1.00 bits per heavy atom. The molecule has 0 saturated heterocycles. The van der Waals surface area contributed by atoms with Gasteiger partial charge in [0.15, 0.2) is 0 Å². The lowest BCUT2D eigenvalue weighted by Gasteiger charge is -2.23. The highest BCUT2D eigenvalue weighted by Gasteiger charge is 2.21. The zero-order valence-corrected chi connectivity index (χ0v) is 11.5. The summed E-state index contributed by atoms with van der Waals surface area (Å²) in [5.74, 6) is 0.592. The fourth-order valence-electron chi connectivity index (χ4n) is 2.66. The molecule has 1 saturated carbocycles. The lowest BCUT2D eigenvalue weighted by atomic mass is 9.88. The molecule has 1 atom stereocenters. The summed E-state index contributed by atoms with van der Waals surface area (Å²) in [4.78, 5) is 0. The van der Waals surface area contributed by atoms with Gasteiger partial charge in [0.05, 0.1) is 10.0 Å². The van der Waals surface area contributed by atoms with Gasteiger partial charge in [0.25, 0.3) is 0 Å². The molecule has 0 aromatic heterocycles. The van der Waals surface area contributed by atoms with Gasteiger partial charge in [-0.3, -0.25) is 0 Å². The fourth-order valence-corrected chi connectivity index (χ4v) is 2.97. The molecule has 1 aliphatic carbocycles. The Hall–Kier alpha value is -0.240. The number of hydrogen-bond donors (Lipinski definition) is 1. The number of benzene rings is 1. The summed E-state index contributed by atoms with van der Waals surface area (Å²) in [6.45, 7) is 0. The lowest BCUT2D eigenvalue weighted by Crippen LogP contribution is -2.21. The highest BCUT2D eigenvalue weighted by molar-refractivity contribution is 6.42. The summed E-state index contributed by atoms with van der Waals surface area (Å²) in [7, 11) is 0. The van der Waals surface area contributed by atoms with Crippen molar-refractivity contribution >= 4 is 23.2 Å². The second-order valence-electron chi connectivity index (χ2n) is 4.95. The molecule has 0 spiro atoms. The smallest absolute Gasteiger partial charge is 0.0595 e. The predicted octanol–water partition coefficient (Wildman–Crippen LogP) is 4.96. The van der Waals surface area contributed by atoms with Crippen molar-refractivity contribution in [2.75, 3.05) is 0 Å². The first-order chi connectivity index (χ1) is 8.18. The van der Waals surface area contributed by atoms with Gasteiger partial charge in [0, 0.05) is 6.04 Å². The van der Waals surface area contributed by atoms with Crippen molar-refractivity contribution in [3.8, 4) is 0 Å². The molecule has 2 rings (SSSR count). The third-order valence-corrected chi connectivity index (χ3v) is 4.48. The molecule has 2 N–H and O–H groups in total. The van der Waals surface area contributed by atoms with Crippen LogP contribution in [0.5, 0.6) is 0 Å². The standard InChI is InChI=1S/C14H19Cl2N/c15-12-8-7-11(9-13(12)16)14(17)10-5-3-1-2-4-6-10/h7-10,14H,1-6,17H2. The average Bonchev–Trinajstić information content (AvgIpc) is 2.60. The van der Waals surface area contributed by atoms with Crippen LogP contribution < -0.4 is 5.73 Å². The Morgan fingerprint density at radius 3 is 2.24 bits per heavy atom. The summed E-state index contributed by atoms with van der Waals surface area (Å²) in [5.41, 5.74) is 7.47. The van der Waals surface area contributed by atoms with Crippen LogP contribution in [-0.2, 0) is 0 Å². The molecule has 0 radical (unpaired) electrons. The first-order valence-corrected chi connectivity index (χ1v) is 7.14. The second-order valence-corrected chi connectivity index (χ2v) is 5.77. The first kappa shape index (κ1) is 13.2. The number of halogens is 2. The molecular formula is C14H19Cl2N. The van der Waals surface area contributed by atoms with Crippen LogP contribution in [0.1, 0.15) is 50.1 Å². The Balaban J connectivity index is 2.11. The van der Waals surface area contributed by atoms with Gasteiger partial charge >= 0.3 is 0 Å². The summed E-state index contributed by atoms with van der Waals surface area (Å²) in [6.07, 6.45) is 7.79. The molecular weight excluding hydrogens is 253 g/mol. The van der Waals surface area contributed by atoms with E-state index in [0.29, 0.717) is 16.0 Å². The quantitative estimate of drug-likeness (QED) is 0.756. The third-order valence-electron chi connectivity index (χ3n) is 3.74. The molecule has 0 aliphatic heterocycles. The molecule has 1 unspecified atom stereocenters. The monoisotopic (exact) mass is 271 g/mol. The molecule has 17 heavy (non-hydrogen) atoms. The fraction of sp³-hybridized carbons (Fsp3) is 0.571. The van der Waals surface area contributed by atoms with E-state index < -0.39 is 0 Å². The van der Waals surface area contributed by atoms with Crippen LogP contribution in [0.15, 0.2) is 18.2 Å². The van der Waals surface area contributed by atoms with Crippen molar-refractivity contribution in [2.45, 2.75) is 44.6 Å². The van der Waals surface area contributed by atoms with Gasteiger partial charge in [0.2, 0.25) is 0 Å². The maximum atomic E-state index is 6.36. The second kappa shape index (κ2) is 6.08. The first-order valence-electron chi connectivity index (χ1n) is 6.39. The van der Waals surface area contributed by atoms with E-state index in [1.807, 2.05) is 18.2 Å². The van der Waals surface area contributed by atoms with Gasteiger partial charge in [-0.25, -0.2) is 0 Å². The minimum Gasteiger partial charge on any atom is -0.324 e. The summed E-state index contributed by atoms with van der Waals surface area (Å²) < 4.78 is 0. The zero-order valence-electron chi connectivity index (χ0n) is 9.96. The Morgan fingerprint density at radius 2 is 1.65 bits per heavy atom. The van der Waals surface area contributed by atoms with Crippen molar-refractivity contribution < 1.29 is 0 Å². The van der Waals surface area contributed by atoms with Crippen molar-refractivity contribution in [3.63, 3.8) is 0 Å². The molecule has 1 nitrogen and oxygen atoms in total. The van der Waals surface area contributed by atoms with Crippen molar-refractivity contribution in [1.29, 1.82) is 0 Å². The number of rotatable bonds is 2. The van der Waals surface area contributed by atoms with Crippen LogP contribution in [-0.4, -0.2) is 0 Å². The van der Waals surface area contributed by atoms with Crippen LogP contribution in [0, 0.1) is 5.92 Å². The summed E-state index contributed by atoms with van der Waals surface area (Å²) in [5, 5.41) is 1.21. The van der Waals surface area contributed by atoms with Gasteiger partial charge in [-0.05, 0) is 36.5 Å². The Kier molecular flexibility index (Phi) is 4.72. The van der Waals surface area contributed by atoms with E-state index >= 15 is 0 Å². The van der Waals surface area contributed by atoms with Crippen LogP contribution in [0.3, 0.4) is 0 Å². The largest absolute Gasteiger partial charge is 0.324 e. The van der Waals surface area contributed by atoms with Crippen molar-refractivity contribution in [1.82, 2.24) is 0 Å². The van der Waals surface area contributed by atoms with Crippen LogP contribution >= 0.6 is 23.2 Å². The predicted molar refractivity (Wildman–Crippen MR) is 74.6 cm³/mol. The lowest BCUT2D eigenvalue weighted by molar-refractivity contribution is 0.382. The molecule has 3 heteroatoms. The molecule has 0 amide bonds. The summed E-state index contributed by atoms with van der Waals surface area (Å²) >= 11 is 12.0. The van der Waals surface area contributed by atoms with Crippen LogP contribution in [0.4, 0.5) is 0 Å². The topological polar surface area (TPSA) is 26.0 Å². The van der Waals surface area contributed by atoms with Crippen molar-refractivity contribution in [2.24, 2.45) is 11.7 Å². The van der Waals surface area contributed by atoms with Crippen molar-refractivity contribution in [3.05, 3.63) is 33.8 Å². The number of nitrogens with two attached hydrogens (primary N) is 1. The third kappa shape index (κ3) is 3.37. The zero-order chi connectivity index (χ0) is 12.3. The molecule has 1 aromatic rings. The Labute approximate surface area is 113 Å². The Bertz CT molecular complexity index is 370. The van der Waals surface area contributed by atoms with Gasteiger partial charge < -0.3 is 5.73 Å².